The van der Waals surface area contributed by atoms with E-state index in [-0.39, 0.29) is 13.0 Å². The molecule has 0 fully saturated rings. The second-order valence-corrected chi connectivity index (χ2v) is 3.79. The van der Waals surface area contributed by atoms with Gasteiger partial charge < -0.3 is 14.2 Å². The fourth-order valence-electron chi connectivity index (χ4n) is 1.22. The van der Waals surface area contributed by atoms with Crippen molar-refractivity contribution in [3.8, 4) is 0 Å². The van der Waals surface area contributed by atoms with Crippen LogP contribution >= 0.6 is 0 Å². The maximum Gasteiger partial charge on any atom is 0.508 e. The number of carbonyl (C=O) groups excluding carboxylic acids is 1. The van der Waals surface area contributed by atoms with Crippen LogP contribution in [-0.2, 0) is 14.2 Å². The Bertz CT molecular complexity index is 335. The van der Waals surface area contributed by atoms with E-state index >= 15 is 0 Å². The van der Waals surface area contributed by atoms with Crippen molar-refractivity contribution in [2.45, 2.75) is 52.1 Å². The lowest BCUT2D eigenvalue weighted by Crippen LogP contribution is -2.25. The summed E-state index contributed by atoms with van der Waals surface area (Å²) in [6.45, 7) is 4.84. The molecule has 0 aliphatic carbocycles. The number of hydrogen-bond acceptors (Lipinski definition) is 5. The molecule has 0 aliphatic heterocycles. The third-order valence-corrected chi connectivity index (χ3v) is 2.04. The second-order valence-electron chi connectivity index (χ2n) is 3.79. The highest BCUT2D eigenvalue weighted by molar-refractivity contribution is 5.59. The zero-order valence-corrected chi connectivity index (χ0v) is 11.0. The number of alkyl halides is 2. The molecule has 0 aromatic heterocycles. The van der Waals surface area contributed by atoms with Crippen molar-refractivity contribution in [1.82, 2.24) is 0 Å². The quantitative estimate of drug-likeness (QED) is 0.223. The second kappa shape index (κ2) is 8.49. The molecule has 0 amide bonds. The predicted octanol–water partition coefficient (Wildman–Crippen LogP) is 3.59. The molecule has 0 aliphatic rings. The van der Waals surface area contributed by atoms with Gasteiger partial charge in [-0.25, -0.2) is 4.79 Å². The zero-order chi connectivity index (χ0) is 14.9. The van der Waals surface area contributed by atoms with Gasteiger partial charge in [0.2, 0.25) is 0 Å². The summed E-state index contributed by atoms with van der Waals surface area (Å²) in [5.74, 6) is 0. The first-order chi connectivity index (χ1) is 8.80. The van der Waals surface area contributed by atoms with Crippen LogP contribution in [0.2, 0.25) is 0 Å². The first-order valence-electron chi connectivity index (χ1n) is 5.76. The molecule has 2 unspecified atom stereocenters. The summed E-state index contributed by atoms with van der Waals surface area (Å²) >= 11 is 0. The number of hydrogen-bond donors (Lipinski definition) is 0. The van der Waals surface area contributed by atoms with Crippen LogP contribution in [0, 0.1) is 0 Å². The monoisotopic (exact) mass is 281 g/mol. The van der Waals surface area contributed by atoms with Crippen LogP contribution in [0.4, 0.5) is 13.6 Å². The Hall–Kier alpha value is -1.60. The van der Waals surface area contributed by atoms with Crippen molar-refractivity contribution in [3.05, 3.63) is 10.4 Å². The summed E-state index contributed by atoms with van der Waals surface area (Å²) in [7, 11) is 0. The van der Waals surface area contributed by atoms with Gasteiger partial charge in [0.15, 0.2) is 0 Å². The molecule has 0 saturated heterocycles. The van der Waals surface area contributed by atoms with Crippen molar-refractivity contribution >= 4 is 6.16 Å². The average molecular weight is 281 g/mol. The van der Waals surface area contributed by atoms with Gasteiger partial charge in [-0.05, 0) is 39.1 Å². The van der Waals surface area contributed by atoms with E-state index < -0.39 is 24.6 Å². The molecule has 110 valence electrons. The van der Waals surface area contributed by atoms with Gasteiger partial charge >= 0.3 is 12.4 Å². The highest BCUT2D eigenvalue weighted by Gasteiger charge is 2.30. The van der Waals surface area contributed by atoms with Gasteiger partial charge in [-0.15, -0.1) is 0 Å². The Kier molecular flexibility index (Phi) is 7.78. The molecule has 0 radical (unpaired) electrons. The Labute approximate surface area is 109 Å². The normalized spacial score (nSPS) is 14.2. The summed E-state index contributed by atoms with van der Waals surface area (Å²) in [6.07, 6.45) is -5.50. The van der Waals surface area contributed by atoms with E-state index in [9.17, 15) is 13.6 Å². The molecule has 9 heteroatoms. The topological polar surface area (TPSA) is 93.5 Å². The lowest BCUT2D eigenvalue weighted by molar-refractivity contribution is -0.255. The van der Waals surface area contributed by atoms with Gasteiger partial charge in [0.05, 0.1) is 12.7 Å². The highest BCUT2D eigenvalue weighted by Crippen LogP contribution is 2.21. The Balaban J connectivity index is 3.99. The number of rotatable bonds is 8. The fraction of sp³-hybridized carbons (Fsp3) is 0.900. The highest BCUT2D eigenvalue weighted by atomic mass is 19.3. The van der Waals surface area contributed by atoms with Crippen LogP contribution in [0.5, 0.6) is 0 Å². The summed E-state index contributed by atoms with van der Waals surface area (Å²) in [4.78, 5) is 12.9. The molecule has 7 nitrogen and oxygen atoms in total. The molecule has 19 heavy (non-hydrogen) atoms. The molecule has 2 atom stereocenters. The van der Waals surface area contributed by atoms with E-state index in [1.54, 1.807) is 13.8 Å². The van der Waals surface area contributed by atoms with Crippen molar-refractivity contribution in [2.24, 2.45) is 5.11 Å². The minimum absolute atomic E-state index is 0.198. The van der Waals surface area contributed by atoms with Crippen LogP contribution < -0.4 is 0 Å². The third kappa shape index (κ3) is 9.04. The lowest BCUT2D eigenvalue weighted by atomic mass is 10.1. The molecular weight excluding hydrogens is 264 g/mol. The largest absolute Gasteiger partial charge is 0.508 e. The van der Waals surface area contributed by atoms with Gasteiger partial charge in [-0.2, -0.15) is 8.78 Å². The molecular formula is C10H17F2N3O4. The molecule has 0 aromatic rings. The van der Waals surface area contributed by atoms with E-state index in [4.69, 9.17) is 10.3 Å². The SMILES string of the molecule is CCOC(=O)OC(C)CCC(C)OC(F)(F)N=[N+]=[N-]. The Morgan fingerprint density at radius 1 is 1.37 bits per heavy atom. The number of nitrogens with zero attached hydrogens (tertiary/aromatic N) is 3. The van der Waals surface area contributed by atoms with Crippen molar-refractivity contribution in [1.29, 1.82) is 0 Å². The molecule has 0 bridgehead atoms. The third-order valence-electron chi connectivity index (χ3n) is 2.04. The van der Waals surface area contributed by atoms with Gasteiger partial charge in [-0.1, -0.05) is 0 Å². The first kappa shape index (κ1) is 17.4. The van der Waals surface area contributed by atoms with E-state index in [0.29, 0.717) is 6.42 Å². The number of carbonyl (C=O) groups is 1. The maximum absolute atomic E-state index is 12.8. The van der Waals surface area contributed by atoms with Gasteiger partial charge in [0.1, 0.15) is 6.10 Å². The maximum atomic E-state index is 12.8. The Morgan fingerprint density at radius 2 is 1.95 bits per heavy atom. The molecule has 0 saturated carbocycles. The van der Waals surface area contributed by atoms with Crippen LogP contribution in [-0.4, -0.2) is 31.2 Å². The van der Waals surface area contributed by atoms with Gasteiger partial charge in [-0.3, -0.25) is 0 Å². The Morgan fingerprint density at radius 3 is 2.47 bits per heavy atom. The predicted molar refractivity (Wildman–Crippen MR) is 61.4 cm³/mol. The minimum atomic E-state index is -3.88. The van der Waals surface area contributed by atoms with Crippen molar-refractivity contribution in [3.63, 3.8) is 0 Å². The van der Waals surface area contributed by atoms with E-state index in [1.807, 2.05) is 4.91 Å². The number of ether oxygens (including phenoxy) is 3. The summed E-state index contributed by atoms with van der Waals surface area (Å²) in [5.41, 5.74) is 7.91. The van der Waals surface area contributed by atoms with Gasteiger partial charge in [0.25, 0.3) is 0 Å². The van der Waals surface area contributed by atoms with E-state index in [1.165, 1.54) is 6.92 Å². The minimum Gasteiger partial charge on any atom is -0.435 e. The number of azide groups is 1. The number of halogens is 2. The molecule has 0 heterocycles. The standard InChI is InChI=1S/C10H17F2N3O4/c1-4-17-9(16)18-7(2)5-6-8(3)19-10(11,12)14-15-13/h7-8H,4-6H2,1-3H3. The molecule has 0 N–H and O–H groups in total. The summed E-state index contributed by atoms with van der Waals surface area (Å²) < 4.78 is 39.2. The molecule has 0 spiro atoms. The van der Waals surface area contributed by atoms with E-state index in [2.05, 4.69) is 14.6 Å². The summed E-state index contributed by atoms with van der Waals surface area (Å²) in [5, 5.41) is 2.22. The lowest BCUT2D eigenvalue weighted by Gasteiger charge is -2.19. The summed E-state index contributed by atoms with van der Waals surface area (Å²) in [6, 6.07) is 0. The van der Waals surface area contributed by atoms with Crippen LogP contribution in [0.3, 0.4) is 0 Å². The molecule has 0 rings (SSSR count). The van der Waals surface area contributed by atoms with Crippen LogP contribution in [0.1, 0.15) is 33.6 Å². The fourth-order valence-corrected chi connectivity index (χ4v) is 1.22. The van der Waals surface area contributed by atoms with Crippen LogP contribution in [0.15, 0.2) is 5.11 Å². The van der Waals surface area contributed by atoms with Crippen LogP contribution in [0.25, 0.3) is 10.4 Å². The van der Waals surface area contributed by atoms with Crippen molar-refractivity contribution < 1.29 is 27.8 Å². The van der Waals surface area contributed by atoms with E-state index in [0.717, 1.165) is 0 Å². The first-order valence-corrected chi connectivity index (χ1v) is 5.76. The smallest absolute Gasteiger partial charge is 0.435 e. The molecule has 0 aromatic carbocycles. The van der Waals surface area contributed by atoms with Crippen molar-refractivity contribution in [2.75, 3.05) is 6.61 Å². The average Bonchev–Trinajstić information content (AvgIpc) is 2.25. The zero-order valence-electron chi connectivity index (χ0n) is 11.0. The van der Waals surface area contributed by atoms with Gasteiger partial charge in [0, 0.05) is 10.0 Å².